The molecule has 2 aliphatic rings. The molecule has 2 aromatic carbocycles. The average Bonchev–Trinajstić information content (AvgIpc) is 2.76. The zero-order chi connectivity index (χ0) is 18.9. The van der Waals surface area contributed by atoms with Gasteiger partial charge in [-0.15, -0.1) is 0 Å². The molecule has 0 saturated carbocycles. The van der Waals surface area contributed by atoms with Crippen molar-refractivity contribution in [1.29, 1.82) is 0 Å². The van der Waals surface area contributed by atoms with E-state index < -0.39 is 0 Å². The second-order valence-electron chi connectivity index (χ2n) is 7.35. The molecule has 2 heterocycles. The van der Waals surface area contributed by atoms with E-state index >= 15 is 0 Å². The summed E-state index contributed by atoms with van der Waals surface area (Å²) in [6.45, 7) is 3.05. The Hall–Kier alpha value is -2.98. The number of morpholine rings is 1. The van der Waals surface area contributed by atoms with Gasteiger partial charge in [-0.25, -0.2) is 4.98 Å². The molecule has 0 atom stereocenters. The minimum atomic E-state index is 0.142. The molecule has 1 aliphatic heterocycles. The molecule has 0 bridgehead atoms. The first-order valence-corrected chi connectivity index (χ1v) is 9.85. The van der Waals surface area contributed by atoms with Gasteiger partial charge in [-0.3, -0.25) is 4.79 Å². The van der Waals surface area contributed by atoms with Crippen molar-refractivity contribution in [3.05, 3.63) is 76.9 Å². The van der Waals surface area contributed by atoms with Crippen LogP contribution in [0.4, 0.5) is 5.82 Å². The molecule has 3 aromatic rings. The van der Waals surface area contributed by atoms with Gasteiger partial charge in [0.2, 0.25) is 0 Å². The van der Waals surface area contributed by atoms with Crippen molar-refractivity contribution >= 4 is 28.6 Å². The molecule has 1 aliphatic carbocycles. The van der Waals surface area contributed by atoms with E-state index in [1.165, 1.54) is 0 Å². The normalized spacial score (nSPS) is 18.5. The number of ketones is 1. The Kier molecular flexibility index (Phi) is 4.41. The number of fused-ring (bicyclic) bond motifs is 2. The molecule has 140 valence electrons. The van der Waals surface area contributed by atoms with Crippen LogP contribution in [0.1, 0.15) is 27.9 Å². The van der Waals surface area contributed by atoms with Crippen LogP contribution in [0.25, 0.3) is 17.0 Å². The molecule has 0 N–H and O–H groups in total. The summed E-state index contributed by atoms with van der Waals surface area (Å²) in [6.07, 6.45) is 3.73. The fraction of sp³-hybridized carbons (Fsp3) is 0.250. The van der Waals surface area contributed by atoms with Crippen LogP contribution in [-0.2, 0) is 11.2 Å². The Morgan fingerprint density at radius 3 is 2.64 bits per heavy atom. The number of Topliss-reactive ketones (excluding diaryl/α,β-unsaturated/α-hetero) is 1. The maximum Gasteiger partial charge on any atom is 0.189 e. The molecular formula is C24H22N2O2. The predicted molar refractivity (Wildman–Crippen MR) is 112 cm³/mol. The van der Waals surface area contributed by atoms with Crippen LogP contribution in [0.5, 0.6) is 0 Å². The van der Waals surface area contributed by atoms with Crippen LogP contribution >= 0.6 is 0 Å². The molecule has 0 unspecified atom stereocenters. The Morgan fingerprint density at radius 1 is 0.964 bits per heavy atom. The number of pyridine rings is 1. The van der Waals surface area contributed by atoms with Gasteiger partial charge in [0, 0.05) is 35.2 Å². The lowest BCUT2D eigenvalue weighted by atomic mass is 9.86. The van der Waals surface area contributed by atoms with Crippen molar-refractivity contribution in [2.45, 2.75) is 12.8 Å². The summed E-state index contributed by atoms with van der Waals surface area (Å²) in [7, 11) is 0. The van der Waals surface area contributed by atoms with E-state index in [0.717, 1.165) is 64.9 Å². The van der Waals surface area contributed by atoms with Crippen LogP contribution in [0.15, 0.2) is 60.2 Å². The number of aryl methyl sites for hydroxylation is 1. The number of nitrogens with zero attached hydrogens (tertiary/aromatic N) is 2. The molecule has 4 nitrogen and oxygen atoms in total. The highest BCUT2D eigenvalue weighted by atomic mass is 16.5. The van der Waals surface area contributed by atoms with E-state index in [1.54, 1.807) is 0 Å². The van der Waals surface area contributed by atoms with Gasteiger partial charge in [0.05, 0.1) is 18.7 Å². The minimum absolute atomic E-state index is 0.142. The second-order valence-corrected chi connectivity index (χ2v) is 7.35. The number of ether oxygens (including phenoxy) is 1. The second kappa shape index (κ2) is 7.21. The smallest absolute Gasteiger partial charge is 0.189 e. The van der Waals surface area contributed by atoms with E-state index in [-0.39, 0.29) is 5.78 Å². The standard InChI is InChI=1S/C24H22N2O2/c27-23-19(10-9-17-5-1-3-7-21(17)23)16-20-15-18-6-2-4-8-22(18)25-24(20)26-11-13-28-14-12-26/h1-8,15-16H,9-14H2/b19-16+. The molecule has 1 saturated heterocycles. The van der Waals surface area contributed by atoms with E-state index in [9.17, 15) is 4.79 Å². The van der Waals surface area contributed by atoms with Crippen LogP contribution < -0.4 is 4.90 Å². The number of aromatic nitrogens is 1. The van der Waals surface area contributed by atoms with Crippen LogP contribution in [0.3, 0.4) is 0 Å². The SMILES string of the molecule is O=C1/C(=C/c2cc3ccccc3nc2N2CCOCC2)CCc2ccccc21. The monoisotopic (exact) mass is 370 g/mol. The number of hydrogen-bond acceptors (Lipinski definition) is 4. The zero-order valence-corrected chi connectivity index (χ0v) is 15.7. The van der Waals surface area contributed by atoms with Crippen LogP contribution in [0.2, 0.25) is 0 Å². The maximum absolute atomic E-state index is 13.0. The molecule has 28 heavy (non-hydrogen) atoms. The fourth-order valence-corrected chi connectivity index (χ4v) is 4.10. The Labute approximate surface area is 164 Å². The lowest BCUT2D eigenvalue weighted by Crippen LogP contribution is -2.37. The van der Waals surface area contributed by atoms with Crippen molar-refractivity contribution in [2.75, 3.05) is 31.2 Å². The highest BCUT2D eigenvalue weighted by Crippen LogP contribution is 2.31. The number of rotatable bonds is 2. The van der Waals surface area contributed by atoms with E-state index in [0.29, 0.717) is 13.2 Å². The zero-order valence-electron chi connectivity index (χ0n) is 15.7. The first kappa shape index (κ1) is 17.1. The molecule has 1 aromatic heterocycles. The number of carbonyl (C=O) groups is 1. The third-order valence-electron chi connectivity index (χ3n) is 5.59. The third-order valence-corrected chi connectivity index (χ3v) is 5.59. The fourth-order valence-electron chi connectivity index (χ4n) is 4.10. The van der Waals surface area contributed by atoms with Crippen molar-refractivity contribution in [3.8, 4) is 0 Å². The first-order valence-electron chi connectivity index (χ1n) is 9.85. The quantitative estimate of drug-likeness (QED) is 0.632. The summed E-state index contributed by atoms with van der Waals surface area (Å²) in [4.78, 5) is 20.3. The minimum Gasteiger partial charge on any atom is -0.378 e. The van der Waals surface area contributed by atoms with Crippen LogP contribution in [-0.4, -0.2) is 37.1 Å². The summed E-state index contributed by atoms with van der Waals surface area (Å²) in [5.41, 5.74) is 4.84. The van der Waals surface area contributed by atoms with Gasteiger partial charge in [-0.05, 0) is 36.6 Å². The van der Waals surface area contributed by atoms with Gasteiger partial charge in [0.25, 0.3) is 0 Å². The van der Waals surface area contributed by atoms with Gasteiger partial charge in [0.1, 0.15) is 5.82 Å². The average molecular weight is 370 g/mol. The molecule has 0 spiro atoms. The lowest BCUT2D eigenvalue weighted by Gasteiger charge is -2.29. The van der Waals surface area contributed by atoms with E-state index in [4.69, 9.17) is 9.72 Å². The molecule has 0 amide bonds. The number of carbonyl (C=O) groups excluding carboxylic acids is 1. The van der Waals surface area contributed by atoms with Gasteiger partial charge >= 0.3 is 0 Å². The van der Waals surface area contributed by atoms with Crippen molar-refractivity contribution in [3.63, 3.8) is 0 Å². The van der Waals surface area contributed by atoms with Crippen molar-refractivity contribution in [1.82, 2.24) is 4.98 Å². The number of allylic oxidation sites excluding steroid dienone is 1. The van der Waals surface area contributed by atoms with Gasteiger partial charge in [-0.1, -0.05) is 42.5 Å². The van der Waals surface area contributed by atoms with Gasteiger partial charge in [-0.2, -0.15) is 0 Å². The summed E-state index contributed by atoms with van der Waals surface area (Å²) in [5, 5.41) is 1.09. The summed E-state index contributed by atoms with van der Waals surface area (Å²) >= 11 is 0. The maximum atomic E-state index is 13.0. The molecule has 1 fully saturated rings. The highest BCUT2D eigenvalue weighted by molar-refractivity contribution is 6.13. The van der Waals surface area contributed by atoms with E-state index in [1.807, 2.05) is 36.4 Å². The molecule has 5 rings (SSSR count). The molecule has 0 radical (unpaired) electrons. The predicted octanol–water partition coefficient (Wildman–Crippen LogP) is 4.28. The summed E-state index contributed by atoms with van der Waals surface area (Å²) in [6, 6.07) is 18.3. The first-order chi connectivity index (χ1) is 13.8. The Bertz CT molecular complexity index is 1080. The highest BCUT2D eigenvalue weighted by Gasteiger charge is 2.23. The number of hydrogen-bond donors (Lipinski definition) is 0. The molecule has 4 heteroatoms. The van der Waals surface area contributed by atoms with Crippen molar-refractivity contribution < 1.29 is 9.53 Å². The summed E-state index contributed by atoms with van der Waals surface area (Å²) < 4.78 is 5.52. The number of benzene rings is 2. The Balaban J connectivity index is 1.61. The summed E-state index contributed by atoms with van der Waals surface area (Å²) in [5.74, 6) is 1.09. The van der Waals surface area contributed by atoms with Gasteiger partial charge < -0.3 is 9.64 Å². The Morgan fingerprint density at radius 2 is 1.75 bits per heavy atom. The molecular weight excluding hydrogens is 348 g/mol. The number of para-hydroxylation sites is 1. The van der Waals surface area contributed by atoms with Crippen LogP contribution in [0, 0.1) is 0 Å². The lowest BCUT2D eigenvalue weighted by molar-refractivity contribution is 0.102. The van der Waals surface area contributed by atoms with Crippen molar-refractivity contribution in [2.24, 2.45) is 0 Å². The topological polar surface area (TPSA) is 42.4 Å². The number of anilines is 1. The largest absolute Gasteiger partial charge is 0.378 e. The third kappa shape index (κ3) is 3.10. The van der Waals surface area contributed by atoms with Gasteiger partial charge in [0.15, 0.2) is 5.78 Å². The van der Waals surface area contributed by atoms with E-state index in [2.05, 4.69) is 29.2 Å².